The van der Waals surface area contributed by atoms with Crippen LogP contribution in [0.15, 0.2) is 0 Å². The predicted octanol–water partition coefficient (Wildman–Crippen LogP) is 3.67. The molecule has 0 spiro atoms. The van der Waals surface area contributed by atoms with E-state index >= 15 is 0 Å². The van der Waals surface area contributed by atoms with Gasteiger partial charge in [-0.25, -0.2) is 0 Å². The fourth-order valence-corrected chi connectivity index (χ4v) is 2.98. The molecule has 1 aliphatic carbocycles. The molecule has 140 valence electrons. The van der Waals surface area contributed by atoms with Gasteiger partial charge in [0.2, 0.25) is 0 Å². The fraction of sp³-hybridized carbons (Fsp3) is 0.889. The van der Waals surface area contributed by atoms with Crippen LogP contribution in [0.4, 0.5) is 4.39 Å². The van der Waals surface area contributed by atoms with Gasteiger partial charge in [0.25, 0.3) is 0 Å². The number of hydrogen-bond acceptors (Lipinski definition) is 5. The Hall–Kier alpha value is -1.01. The van der Waals surface area contributed by atoms with E-state index in [2.05, 4.69) is 6.92 Å². The van der Waals surface area contributed by atoms with Crippen LogP contribution < -0.4 is 0 Å². The molecule has 0 heterocycles. The van der Waals surface area contributed by atoms with Crippen molar-refractivity contribution in [2.24, 2.45) is 11.8 Å². The van der Waals surface area contributed by atoms with Crippen molar-refractivity contribution in [2.45, 2.75) is 64.7 Å². The molecule has 0 radical (unpaired) electrons. The number of nitrogens with zero attached hydrogens (tertiary/aromatic N) is 1. The Balaban J connectivity index is 2.15. The van der Waals surface area contributed by atoms with Gasteiger partial charge in [0.05, 0.1) is 19.1 Å². The first-order valence-electron chi connectivity index (χ1n) is 9.24. The number of esters is 1. The molecular formula is C18H32FNO4. The molecule has 0 aliphatic heterocycles. The molecule has 0 amide bonds. The molecule has 1 saturated carbocycles. The number of unbranched alkanes of at least 4 members (excludes halogenated alkanes) is 1. The molecule has 0 aromatic rings. The van der Waals surface area contributed by atoms with Crippen molar-refractivity contribution < 1.29 is 23.6 Å². The smallest absolute Gasteiger partial charge is 0.308 e. The summed E-state index contributed by atoms with van der Waals surface area (Å²) in [6.07, 6.45) is 6.73. The Labute approximate surface area is 144 Å². The lowest BCUT2D eigenvalue weighted by Crippen LogP contribution is -2.24. The summed E-state index contributed by atoms with van der Waals surface area (Å²) in [4.78, 5) is 28.4. The number of carbonyl (C=O) groups is 2. The van der Waals surface area contributed by atoms with Gasteiger partial charge in [-0.15, -0.1) is 0 Å². The van der Waals surface area contributed by atoms with E-state index in [-0.39, 0.29) is 11.9 Å². The van der Waals surface area contributed by atoms with Gasteiger partial charge >= 0.3 is 12.0 Å². The van der Waals surface area contributed by atoms with Gasteiger partial charge in [0.15, 0.2) is 0 Å². The quantitative estimate of drug-likeness (QED) is 0.262. The third-order valence-corrected chi connectivity index (χ3v) is 4.54. The van der Waals surface area contributed by atoms with E-state index in [0.29, 0.717) is 45.1 Å². The third-order valence-electron chi connectivity index (χ3n) is 4.54. The van der Waals surface area contributed by atoms with E-state index in [4.69, 9.17) is 9.57 Å². The Morgan fingerprint density at radius 1 is 1.04 bits per heavy atom. The van der Waals surface area contributed by atoms with Gasteiger partial charge < -0.3 is 4.74 Å². The molecule has 0 unspecified atom stereocenters. The van der Waals surface area contributed by atoms with Crippen molar-refractivity contribution in [3.63, 3.8) is 0 Å². The first-order valence-corrected chi connectivity index (χ1v) is 9.24. The zero-order valence-electron chi connectivity index (χ0n) is 15.1. The lowest BCUT2D eigenvalue weighted by molar-refractivity contribution is -0.154. The molecule has 24 heavy (non-hydrogen) atoms. The summed E-state index contributed by atoms with van der Waals surface area (Å²) in [5.41, 5.74) is 0. The van der Waals surface area contributed by atoms with E-state index in [0.717, 1.165) is 32.4 Å². The molecule has 0 saturated heterocycles. The Morgan fingerprint density at radius 2 is 1.67 bits per heavy atom. The summed E-state index contributed by atoms with van der Waals surface area (Å²) in [7, 11) is 1.88. The number of halogens is 1. The molecule has 0 aromatic carbocycles. The normalized spacial score (nSPS) is 22.0. The van der Waals surface area contributed by atoms with Crippen LogP contribution in [0.3, 0.4) is 0 Å². The number of ether oxygens (including phenoxy) is 1. The standard InChI is InChI=1S/C18H32FNO4/c1-3-4-14-24-20(2)12-7-13-23-18(22)16-10-5-8-15(17(19)21)9-6-11-16/h15-16H,3-14H2,1-2H3. The van der Waals surface area contributed by atoms with Crippen LogP contribution in [0, 0.1) is 11.8 Å². The molecule has 0 aromatic heterocycles. The van der Waals surface area contributed by atoms with Gasteiger partial charge in [-0.3, -0.25) is 14.4 Å². The van der Waals surface area contributed by atoms with Crippen molar-refractivity contribution in [1.29, 1.82) is 0 Å². The number of carbonyl (C=O) groups excluding carboxylic acids is 2. The molecule has 0 N–H and O–H groups in total. The van der Waals surface area contributed by atoms with Gasteiger partial charge in [-0.1, -0.05) is 26.2 Å². The molecule has 1 rings (SSSR count). The summed E-state index contributed by atoms with van der Waals surface area (Å²) in [6, 6.07) is -1.21. The Kier molecular flexibility index (Phi) is 10.8. The second-order valence-electron chi connectivity index (χ2n) is 6.62. The Bertz CT molecular complexity index is 368. The molecule has 1 aliphatic rings. The third kappa shape index (κ3) is 8.73. The van der Waals surface area contributed by atoms with E-state index in [1.54, 1.807) is 5.06 Å². The highest BCUT2D eigenvalue weighted by molar-refractivity contribution is 5.73. The maximum Gasteiger partial charge on any atom is 0.308 e. The Morgan fingerprint density at radius 3 is 2.25 bits per heavy atom. The van der Waals surface area contributed by atoms with Crippen LogP contribution in [-0.4, -0.2) is 43.9 Å². The SMILES string of the molecule is CCCCON(C)CCCOC(=O)C1CCCC(C(=O)F)CCC1. The van der Waals surface area contributed by atoms with Crippen LogP contribution in [-0.2, 0) is 19.2 Å². The van der Waals surface area contributed by atoms with Crippen LogP contribution >= 0.6 is 0 Å². The highest BCUT2D eigenvalue weighted by Crippen LogP contribution is 2.27. The average Bonchev–Trinajstić information content (AvgIpc) is 2.51. The number of hydroxylamine groups is 2. The minimum Gasteiger partial charge on any atom is -0.465 e. The summed E-state index contributed by atoms with van der Waals surface area (Å²) in [5.74, 6) is -0.737. The van der Waals surface area contributed by atoms with Gasteiger partial charge in [-0.05, 0) is 38.5 Å². The number of rotatable bonds is 10. The molecule has 1 fully saturated rings. The minimum absolute atomic E-state index is 0.112. The van der Waals surface area contributed by atoms with Crippen LogP contribution in [0.5, 0.6) is 0 Å². The first kappa shape index (κ1) is 21.0. The topological polar surface area (TPSA) is 55.8 Å². The van der Waals surface area contributed by atoms with Crippen molar-refractivity contribution >= 4 is 12.0 Å². The van der Waals surface area contributed by atoms with Gasteiger partial charge in [-0.2, -0.15) is 9.45 Å². The highest BCUT2D eigenvalue weighted by Gasteiger charge is 2.26. The molecule has 6 heteroatoms. The van der Waals surface area contributed by atoms with Crippen LogP contribution in [0.2, 0.25) is 0 Å². The maximum absolute atomic E-state index is 12.8. The first-order chi connectivity index (χ1) is 11.5. The monoisotopic (exact) mass is 345 g/mol. The van der Waals surface area contributed by atoms with Gasteiger partial charge in [0, 0.05) is 19.5 Å². The van der Waals surface area contributed by atoms with E-state index in [9.17, 15) is 14.0 Å². The fourth-order valence-electron chi connectivity index (χ4n) is 2.98. The summed E-state index contributed by atoms with van der Waals surface area (Å²) < 4.78 is 18.1. The summed E-state index contributed by atoms with van der Waals surface area (Å²) >= 11 is 0. The van der Waals surface area contributed by atoms with Crippen molar-refractivity contribution in [3.05, 3.63) is 0 Å². The molecule has 0 atom stereocenters. The minimum atomic E-state index is -1.21. The van der Waals surface area contributed by atoms with E-state index in [1.165, 1.54) is 0 Å². The molecular weight excluding hydrogens is 313 g/mol. The largest absolute Gasteiger partial charge is 0.465 e. The molecule has 0 bridgehead atoms. The second kappa shape index (κ2) is 12.4. The summed E-state index contributed by atoms with van der Waals surface area (Å²) in [5, 5.41) is 1.79. The van der Waals surface area contributed by atoms with Crippen molar-refractivity contribution in [2.75, 3.05) is 26.8 Å². The molecule has 5 nitrogen and oxygen atoms in total. The second-order valence-corrected chi connectivity index (χ2v) is 6.62. The van der Waals surface area contributed by atoms with E-state index < -0.39 is 12.0 Å². The highest BCUT2D eigenvalue weighted by atomic mass is 19.1. The zero-order valence-corrected chi connectivity index (χ0v) is 15.1. The zero-order chi connectivity index (χ0) is 17.8. The van der Waals surface area contributed by atoms with Crippen LogP contribution in [0.1, 0.15) is 64.7 Å². The van der Waals surface area contributed by atoms with Crippen molar-refractivity contribution in [1.82, 2.24) is 5.06 Å². The van der Waals surface area contributed by atoms with Crippen LogP contribution in [0.25, 0.3) is 0 Å². The predicted molar refractivity (Wildman–Crippen MR) is 89.9 cm³/mol. The lowest BCUT2D eigenvalue weighted by atomic mass is 9.86. The summed E-state index contributed by atoms with van der Waals surface area (Å²) in [6.45, 7) is 3.95. The lowest BCUT2D eigenvalue weighted by Gasteiger charge is -2.21. The average molecular weight is 345 g/mol. The van der Waals surface area contributed by atoms with E-state index in [1.807, 2.05) is 7.05 Å². The maximum atomic E-state index is 12.8. The number of hydrogen-bond donors (Lipinski definition) is 0. The van der Waals surface area contributed by atoms with Crippen molar-refractivity contribution in [3.8, 4) is 0 Å². The van der Waals surface area contributed by atoms with Gasteiger partial charge in [0.1, 0.15) is 0 Å².